The third-order valence-corrected chi connectivity index (χ3v) is 11.3. The highest BCUT2D eigenvalue weighted by Gasteiger charge is 2.88. The molecule has 0 unspecified atom stereocenters. The molecule has 2 spiro atoms. The zero-order valence-electron chi connectivity index (χ0n) is 24.7. The Labute approximate surface area is 240 Å². The van der Waals surface area contributed by atoms with Gasteiger partial charge in [0.25, 0.3) is 0 Å². The highest BCUT2D eigenvalue weighted by Crippen LogP contribution is 2.76. The maximum Gasteiger partial charge on any atom is 0.410 e. The Morgan fingerprint density at radius 3 is 2.39 bits per heavy atom. The highest BCUT2D eigenvalue weighted by atomic mass is 16.6. The van der Waals surface area contributed by atoms with Crippen LogP contribution in [0.1, 0.15) is 73.1 Å². The summed E-state index contributed by atoms with van der Waals surface area (Å²) < 4.78 is 17.7. The van der Waals surface area contributed by atoms with Crippen molar-refractivity contribution < 1.29 is 43.6 Å². The van der Waals surface area contributed by atoms with Crippen molar-refractivity contribution in [3.05, 3.63) is 12.2 Å². The molecule has 4 bridgehead atoms. The molecule has 7 aliphatic rings. The summed E-state index contributed by atoms with van der Waals surface area (Å²) in [7, 11) is 0. The average Bonchev–Trinajstić information content (AvgIpc) is 3.01. The summed E-state index contributed by atoms with van der Waals surface area (Å²) >= 11 is 0. The van der Waals surface area contributed by atoms with Crippen molar-refractivity contribution in [3.63, 3.8) is 0 Å². The lowest BCUT2D eigenvalue weighted by Gasteiger charge is -2.73. The molecule has 226 valence electrons. The number of likely N-dealkylation sites (tertiary alicyclic amines) is 1. The van der Waals surface area contributed by atoms with E-state index in [4.69, 9.17) is 14.2 Å². The summed E-state index contributed by atoms with van der Waals surface area (Å²) in [6, 6.07) is 0. The molecule has 3 heterocycles. The second-order valence-electron chi connectivity index (χ2n) is 14.9. The van der Waals surface area contributed by atoms with Crippen LogP contribution in [0.2, 0.25) is 0 Å². The number of ether oxygens (including phenoxy) is 3. The van der Waals surface area contributed by atoms with Gasteiger partial charge in [0.15, 0.2) is 5.78 Å². The molecule has 1 amide bonds. The number of fused-ring (bicyclic) bond motifs is 2. The lowest BCUT2D eigenvalue weighted by atomic mass is 9.36. The molecule has 3 saturated heterocycles. The van der Waals surface area contributed by atoms with Gasteiger partial charge in [0.05, 0.1) is 17.9 Å². The Balaban J connectivity index is 1.31. The topological polar surface area (TPSA) is 140 Å². The maximum absolute atomic E-state index is 14.2. The van der Waals surface area contributed by atoms with Gasteiger partial charge in [-0.15, -0.1) is 0 Å². The van der Waals surface area contributed by atoms with E-state index in [-0.39, 0.29) is 18.0 Å². The fourth-order valence-corrected chi connectivity index (χ4v) is 9.61. The van der Waals surface area contributed by atoms with E-state index in [0.717, 1.165) is 0 Å². The van der Waals surface area contributed by atoms with E-state index >= 15 is 0 Å². The summed E-state index contributed by atoms with van der Waals surface area (Å²) in [4.78, 5) is 55.8. The average molecular weight is 574 g/mol. The lowest BCUT2D eigenvalue weighted by molar-refractivity contribution is -0.437. The van der Waals surface area contributed by atoms with Crippen LogP contribution >= 0.6 is 0 Å². The van der Waals surface area contributed by atoms with Crippen molar-refractivity contribution in [2.45, 2.75) is 96.7 Å². The van der Waals surface area contributed by atoms with Gasteiger partial charge in [-0.05, 0) is 69.8 Å². The standard InChI is InChI=1S/C31H43NO9/c1-16-18-7-8-19-29-15-39-31(38,23(35)21(29)28(5,6)12-9-20(29)33)30(19,22(16)34)24(18)40-25(36)17-10-13-32(14-11-17)26(37)41-27(2,3)4/h17-19,21,23-24,35,38H,1,7-15H2,2-6H3/t18-,19-,21+,23-,24+,29+,30-,31+/m0/s1. The van der Waals surface area contributed by atoms with Crippen molar-refractivity contribution >= 4 is 23.6 Å². The van der Waals surface area contributed by atoms with Crippen molar-refractivity contribution in [2.75, 3.05) is 19.7 Å². The van der Waals surface area contributed by atoms with Crippen LogP contribution in [0.25, 0.3) is 0 Å². The number of carbonyl (C=O) groups is 4. The van der Waals surface area contributed by atoms with Gasteiger partial charge in [-0.2, -0.15) is 0 Å². The van der Waals surface area contributed by atoms with Gasteiger partial charge in [0, 0.05) is 31.3 Å². The monoisotopic (exact) mass is 573 g/mol. The summed E-state index contributed by atoms with van der Waals surface area (Å²) in [5.74, 6) is -5.68. The molecule has 4 saturated carbocycles. The summed E-state index contributed by atoms with van der Waals surface area (Å²) in [5.41, 5.74) is -3.83. The number of rotatable bonds is 2. The molecule has 8 atom stereocenters. The van der Waals surface area contributed by atoms with Gasteiger partial charge in [0.1, 0.15) is 29.0 Å². The summed E-state index contributed by atoms with van der Waals surface area (Å²) in [6.07, 6.45) is -0.509. The number of aliphatic hydroxyl groups excluding tert-OH is 1. The lowest BCUT2D eigenvalue weighted by Crippen LogP contribution is -2.85. The summed E-state index contributed by atoms with van der Waals surface area (Å²) in [5, 5.41) is 24.1. The largest absolute Gasteiger partial charge is 0.460 e. The van der Waals surface area contributed by atoms with E-state index in [9.17, 15) is 29.4 Å². The third kappa shape index (κ3) is 3.59. The van der Waals surface area contributed by atoms with Gasteiger partial charge in [-0.3, -0.25) is 14.4 Å². The van der Waals surface area contributed by atoms with E-state index < -0.39 is 81.4 Å². The molecule has 0 aromatic carbocycles. The predicted octanol–water partition coefficient (Wildman–Crippen LogP) is 2.78. The zero-order valence-corrected chi connectivity index (χ0v) is 24.7. The molecule has 0 aromatic heterocycles. The van der Waals surface area contributed by atoms with E-state index in [0.29, 0.717) is 51.6 Å². The first kappa shape index (κ1) is 28.8. The predicted molar refractivity (Wildman–Crippen MR) is 144 cm³/mol. The van der Waals surface area contributed by atoms with Gasteiger partial charge < -0.3 is 29.3 Å². The second-order valence-corrected chi connectivity index (χ2v) is 14.9. The third-order valence-electron chi connectivity index (χ3n) is 11.3. The number of Topliss-reactive ketones (excluding diaryl/α,β-unsaturated/α-hetero) is 2. The smallest absolute Gasteiger partial charge is 0.410 e. The fourth-order valence-electron chi connectivity index (χ4n) is 9.61. The molecule has 3 aliphatic heterocycles. The highest BCUT2D eigenvalue weighted by molar-refractivity contribution is 6.06. The molecule has 41 heavy (non-hydrogen) atoms. The minimum Gasteiger partial charge on any atom is -0.460 e. The molecule has 0 aromatic rings. The van der Waals surface area contributed by atoms with E-state index in [1.54, 1.807) is 25.7 Å². The van der Waals surface area contributed by atoms with Crippen LogP contribution in [-0.4, -0.2) is 82.0 Å². The van der Waals surface area contributed by atoms with Crippen LogP contribution in [0.15, 0.2) is 12.2 Å². The molecule has 0 radical (unpaired) electrons. The first-order valence-electron chi connectivity index (χ1n) is 15.0. The van der Waals surface area contributed by atoms with Crippen molar-refractivity contribution in [3.8, 4) is 0 Å². The van der Waals surface area contributed by atoms with Crippen molar-refractivity contribution in [1.29, 1.82) is 0 Å². The van der Waals surface area contributed by atoms with E-state index in [2.05, 4.69) is 6.58 Å². The number of ketones is 2. The van der Waals surface area contributed by atoms with Crippen LogP contribution in [0.3, 0.4) is 0 Å². The molecule has 10 heteroatoms. The SMILES string of the molecule is C=C1C(=O)[C@]23[C@H](OC(=O)C4CCN(C(=O)OC(C)(C)C)CC4)[C@H]1CC[C@H]2[C@@]12CO[C@]3(O)[C@@H](O)[C@@H]1C(C)(C)CCC2=O. The van der Waals surface area contributed by atoms with E-state index in [1.807, 2.05) is 13.8 Å². The molecule has 2 N–H and O–H groups in total. The van der Waals surface area contributed by atoms with Crippen molar-refractivity contribution in [2.24, 2.45) is 39.9 Å². The molecular weight excluding hydrogens is 530 g/mol. The second kappa shape index (κ2) is 8.86. The molecular formula is C31H43NO9. The zero-order chi connectivity index (χ0) is 29.9. The first-order chi connectivity index (χ1) is 19.0. The van der Waals surface area contributed by atoms with Gasteiger partial charge in [-0.1, -0.05) is 20.4 Å². The Morgan fingerprint density at radius 2 is 1.76 bits per heavy atom. The Kier molecular flexibility index (Phi) is 6.22. The van der Waals surface area contributed by atoms with Gasteiger partial charge in [-0.25, -0.2) is 4.79 Å². The number of esters is 1. The Morgan fingerprint density at radius 1 is 1.10 bits per heavy atom. The minimum absolute atomic E-state index is 0.0599. The molecule has 4 aliphatic carbocycles. The van der Waals surface area contributed by atoms with Crippen LogP contribution in [0, 0.1) is 39.9 Å². The number of nitrogens with zero attached hydrogens (tertiary/aromatic N) is 1. The minimum atomic E-state index is -2.32. The molecule has 7 fully saturated rings. The number of hydrogen-bond acceptors (Lipinski definition) is 9. The van der Waals surface area contributed by atoms with E-state index in [1.165, 1.54) is 0 Å². The van der Waals surface area contributed by atoms with Crippen LogP contribution in [0.4, 0.5) is 4.79 Å². The first-order valence-corrected chi connectivity index (χ1v) is 15.0. The number of aliphatic hydroxyl groups is 2. The fraction of sp³-hybridized carbons (Fsp3) is 0.806. The van der Waals surface area contributed by atoms with Gasteiger partial charge in [0.2, 0.25) is 5.79 Å². The quantitative estimate of drug-likeness (QED) is 0.377. The van der Waals surface area contributed by atoms with Crippen LogP contribution < -0.4 is 0 Å². The van der Waals surface area contributed by atoms with Gasteiger partial charge >= 0.3 is 12.1 Å². The molecule has 7 rings (SSSR count). The maximum atomic E-state index is 14.2. The molecule has 10 nitrogen and oxygen atoms in total. The number of hydrogen-bond donors (Lipinski definition) is 2. The van der Waals surface area contributed by atoms with Crippen LogP contribution in [0.5, 0.6) is 0 Å². The Bertz CT molecular complexity index is 1210. The number of carbonyl (C=O) groups excluding carboxylic acids is 4. The van der Waals surface area contributed by atoms with Crippen LogP contribution in [-0.2, 0) is 28.6 Å². The normalized spacial score (nSPS) is 43.4. The number of piperidine rings is 1. The number of amides is 1. The van der Waals surface area contributed by atoms with Crippen molar-refractivity contribution in [1.82, 2.24) is 4.90 Å². The Hall–Kier alpha value is -2.30. The summed E-state index contributed by atoms with van der Waals surface area (Å²) in [6.45, 7) is 14.0.